The zero-order valence-electron chi connectivity index (χ0n) is 12.8. The van der Waals surface area contributed by atoms with Crippen LogP contribution in [-0.2, 0) is 25.5 Å². The summed E-state index contributed by atoms with van der Waals surface area (Å²) >= 11 is 0. The summed E-state index contributed by atoms with van der Waals surface area (Å²) in [7, 11) is 0. The number of benzene rings is 1. The predicted octanol–water partition coefficient (Wildman–Crippen LogP) is 2.92. The van der Waals surface area contributed by atoms with Crippen molar-refractivity contribution in [3.63, 3.8) is 0 Å². The van der Waals surface area contributed by atoms with Crippen molar-refractivity contribution in [1.29, 1.82) is 0 Å². The van der Waals surface area contributed by atoms with Gasteiger partial charge >= 0.3 is 11.9 Å². The third-order valence-electron chi connectivity index (χ3n) is 3.33. The number of rotatable bonds is 7. The van der Waals surface area contributed by atoms with Crippen LogP contribution in [0.5, 0.6) is 0 Å². The molecule has 0 aliphatic heterocycles. The molecule has 0 unspecified atom stereocenters. The molecular weight excluding hydrogens is 268 g/mol. The van der Waals surface area contributed by atoms with Crippen molar-refractivity contribution in [2.45, 2.75) is 27.2 Å². The number of carbonyl (C=O) groups is 2. The van der Waals surface area contributed by atoms with E-state index < -0.39 is 17.4 Å². The lowest BCUT2D eigenvalue weighted by molar-refractivity contribution is -0.167. The van der Waals surface area contributed by atoms with Gasteiger partial charge in [-0.25, -0.2) is 0 Å². The van der Waals surface area contributed by atoms with E-state index >= 15 is 0 Å². The second kappa shape index (κ2) is 7.62. The highest BCUT2D eigenvalue weighted by molar-refractivity contribution is 6.03. The molecule has 0 saturated heterocycles. The van der Waals surface area contributed by atoms with E-state index in [1.807, 2.05) is 30.3 Å². The lowest BCUT2D eigenvalue weighted by Gasteiger charge is -2.27. The number of ether oxygens (including phenoxy) is 2. The third-order valence-corrected chi connectivity index (χ3v) is 3.33. The minimum atomic E-state index is -1.48. The van der Waals surface area contributed by atoms with Crippen molar-refractivity contribution in [1.82, 2.24) is 0 Å². The normalized spacial score (nSPS) is 10.8. The average molecular weight is 290 g/mol. The van der Waals surface area contributed by atoms with Crippen LogP contribution >= 0.6 is 0 Å². The first-order valence-corrected chi connectivity index (χ1v) is 7.03. The Morgan fingerprint density at radius 3 is 1.95 bits per heavy atom. The average Bonchev–Trinajstić information content (AvgIpc) is 2.47. The van der Waals surface area contributed by atoms with Crippen molar-refractivity contribution >= 4 is 11.9 Å². The molecule has 0 aliphatic carbocycles. The highest BCUT2D eigenvalue weighted by atomic mass is 16.6. The molecule has 4 heteroatoms. The standard InChI is InChI=1S/C17H22O4/c1-5-20-15(18)17(4,16(19)21-6-2)13(3)12-14-10-8-7-9-11-14/h7-11H,3,5-6,12H2,1-2,4H3. The molecule has 0 N–H and O–H groups in total. The Balaban J connectivity index is 3.03. The van der Waals surface area contributed by atoms with Gasteiger partial charge in [-0.1, -0.05) is 36.9 Å². The van der Waals surface area contributed by atoms with Crippen molar-refractivity contribution in [2.75, 3.05) is 13.2 Å². The van der Waals surface area contributed by atoms with Gasteiger partial charge in [0.1, 0.15) is 0 Å². The van der Waals surface area contributed by atoms with Crippen LogP contribution in [0.2, 0.25) is 0 Å². The van der Waals surface area contributed by atoms with Gasteiger partial charge in [-0.15, -0.1) is 0 Å². The third kappa shape index (κ3) is 3.94. The molecule has 0 aromatic heterocycles. The van der Waals surface area contributed by atoms with Crippen molar-refractivity contribution in [3.05, 3.63) is 48.0 Å². The van der Waals surface area contributed by atoms with Crippen LogP contribution in [0.4, 0.5) is 0 Å². The summed E-state index contributed by atoms with van der Waals surface area (Å²) in [6.07, 6.45) is 0.412. The molecule has 0 heterocycles. The van der Waals surface area contributed by atoms with E-state index in [0.29, 0.717) is 12.0 Å². The summed E-state index contributed by atoms with van der Waals surface area (Å²) in [5, 5.41) is 0. The van der Waals surface area contributed by atoms with Gasteiger partial charge in [0, 0.05) is 0 Å². The molecule has 0 atom stereocenters. The Bertz CT molecular complexity index is 487. The van der Waals surface area contributed by atoms with E-state index in [9.17, 15) is 9.59 Å². The summed E-state index contributed by atoms with van der Waals surface area (Å²) in [4.78, 5) is 24.5. The molecule has 114 valence electrons. The summed E-state index contributed by atoms with van der Waals surface area (Å²) < 4.78 is 10.1. The van der Waals surface area contributed by atoms with Crippen LogP contribution in [0.3, 0.4) is 0 Å². The maximum atomic E-state index is 12.2. The molecule has 0 aliphatic rings. The van der Waals surface area contributed by atoms with Crippen LogP contribution in [-0.4, -0.2) is 25.2 Å². The smallest absolute Gasteiger partial charge is 0.327 e. The molecule has 4 nitrogen and oxygen atoms in total. The van der Waals surface area contributed by atoms with E-state index in [4.69, 9.17) is 9.47 Å². The monoisotopic (exact) mass is 290 g/mol. The van der Waals surface area contributed by atoms with E-state index in [2.05, 4.69) is 6.58 Å². The Kier molecular flexibility index (Phi) is 6.15. The number of hydrogen-bond donors (Lipinski definition) is 0. The SMILES string of the molecule is C=C(Cc1ccccc1)C(C)(C(=O)OCC)C(=O)OCC. The van der Waals surface area contributed by atoms with Crippen LogP contribution in [0.25, 0.3) is 0 Å². The maximum absolute atomic E-state index is 12.2. The predicted molar refractivity (Wildman–Crippen MR) is 80.7 cm³/mol. The quantitative estimate of drug-likeness (QED) is 0.440. The highest BCUT2D eigenvalue weighted by Gasteiger charge is 2.46. The van der Waals surface area contributed by atoms with Gasteiger partial charge in [-0.2, -0.15) is 0 Å². The van der Waals surface area contributed by atoms with E-state index in [-0.39, 0.29) is 13.2 Å². The first-order valence-electron chi connectivity index (χ1n) is 7.03. The summed E-state index contributed by atoms with van der Waals surface area (Å²) in [5.41, 5.74) is -0.0464. The van der Waals surface area contributed by atoms with Gasteiger partial charge < -0.3 is 9.47 Å². The van der Waals surface area contributed by atoms with Crippen molar-refractivity contribution in [3.8, 4) is 0 Å². The molecular formula is C17H22O4. The second-order valence-corrected chi connectivity index (χ2v) is 4.83. The number of esters is 2. The first kappa shape index (κ1) is 17.0. The lowest BCUT2D eigenvalue weighted by Crippen LogP contribution is -2.41. The van der Waals surface area contributed by atoms with Crippen LogP contribution in [0, 0.1) is 5.41 Å². The zero-order valence-corrected chi connectivity index (χ0v) is 12.8. The fraction of sp³-hybridized carbons (Fsp3) is 0.412. The lowest BCUT2D eigenvalue weighted by atomic mass is 9.80. The van der Waals surface area contributed by atoms with Gasteiger partial charge in [0.15, 0.2) is 5.41 Å². The largest absolute Gasteiger partial charge is 0.465 e. The molecule has 0 bridgehead atoms. The first-order chi connectivity index (χ1) is 9.96. The number of hydrogen-bond acceptors (Lipinski definition) is 4. The van der Waals surface area contributed by atoms with Crippen molar-refractivity contribution < 1.29 is 19.1 Å². The van der Waals surface area contributed by atoms with Crippen LogP contribution in [0.15, 0.2) is 42.5 Å². The topological polar surface area (TPSA) is 52.6 Å². The van der Waals surface area contributed by atoms with Crippen LogP contribution < -0.4 is 0 Å². The Hall–Kier alpha value is -2.10. The van der Waals surface area contributed by atoms with Gasteiger partial charge in [-0.05, 0) is 38.3 Å². The van der Waals surface area contributed by atoms with E-state index in [1.165, 1.54) is 6.92 Å². The maximum Gasteiger partial charge on any atom is 0.327 e. The van der Waals surface area contributed by atoms with Gasteiger partial charge in [0.25, 0.3) is 0 Å². The second-order valence-electron chi connectivity index (χ2n) is 4.83. The summed E-state index contributed by atoms with van der Waals surface area (Å²) in [6, 6.07) is 9.54. The zero-order chi connectivity index (χ0) is 15.9. The van der Waals surface area contributed by atoms with Gasteiger partial charge in [0.05, 0.1) is 13.2 Å². The molecule has 1 aromatic rings. The van der Waals surface area contributed by atoms with Crippen LogP contribution in [0.1, 0.15) is 26.3 Å². The van der Waals surface area contributed by atoms with Crippen molar-refractivity contribution in [2.24, 2.45) is 5.41 Å². The van der Waals surface area contributed by atoms with Gasteiger partial charge in [0.2, 0.25) is 0 Å². The van der Waals surface area contributed by atoms with E-state index in [0.717, 1.165) is 5.56 Å². The Morgan fingerprint density at radius 2 is 1.52 bits per heavy atom. The fourth-order valence-corrected chi connectivity index (χ4v) is 1.94. The molecule has 0 spiro atoms. The Morgan fingerprint density at radius 1 is 1.05 bits per heavy atom. The molecule has 0 fully saturated rings. The minimum absolute atomic E-state index is 0.201. The molecule has 0 radical (unpaired) electrons. The molecule has 0 amide bonds. The summed E-state index contributed by atoms with van der Waals surface area (Å²) in [6.45, 7) is 9.23. The minimum Gasteiger partial charge on any atom is -0.465 e. The highest BCUT2D eigenvalue weighted by Crippen LogP contribution is 2.32. The Labute approximate surface area is 125 Å². The molecule has 1 aromatic carbocycles. The van der Waals surface area contributed by atoms with Gasteiger partial charge in [-0.3, -0.25) is 9.59 Å². The summed E-state index contributed by atoms with van der Waals surface area (Å²) in [5.74, 6) is -1.24. The molecule has 21 heavy (non-hydrogen) atoms. The molecule has 1 rings (SSSR count). The molecule has 0 saturated carbocycles. The number of carbonyl (C=O) groups excluding carboxylic acids is 2. The van der Waals surface area contributed by atoms with E-state index in [1.54, 1.807) is 13.8 Å². The fourth-order valence-electron chi connectivity index (χ4n) is 1.94.